The molecule has 0 amide bonds. The van der Waals surface area contributed by atoms with Crippen LogP contribution in [0.1, 0.15) is 0 Å². The lowest BCUT2D eigenvalue weighted by Gasteiger charge is -2.29. The Morgan fingerprint density at radius 3 is 2.71 bits per heavy atom. The van der Waals surface area contributed by atoms with E-state index in [-0.39, 0.29) is 0 Å². The first-order chi connectivity index (χ1) is 3.47. The van der Waals surface area contributed by atoms with E-state index in [1.165, 1.54) is 0 Å². The normalized spacial score (nSPS) is 40.3. The summed E-state index contributed by atoms with van der Waals surface area (Å²) in [6, 6.07) is 0.750. The van der Waals surface area contributed by atoms with Crippen LogP contribution in [0.25, 0.3) is 0 Å². The highest BCUT2D eigenvalue weighted by atomic mass is 15.1. The molecule has 2 aliphatic rings. The summed E-state index contributed by atoms with van der Waals surface area (Å²) in [4.78, 5) is 0. The van der Waals surface area contributed by atoms with Crippen molar-refractivity contribution in [2.75, 3.05) is 19.6 Å². The number of rotatable bonds is 0. The van der Waals surface area contributed by atoms with Gasteiger partial charge in [-0.15, -0.1) is 0 Å². The summed E-state index contributed by atoms with van der Waals surface area (Å²) in [6.07, 6.45) is 0. The van der Waals surface area contributed by atoms with E-state index >= 15 is 0 Å². The second-order valence-corrected chi connectivity index (χ2v) is 2.22. The molecule has 0 aromatic heterocycles. The maximum atomic E-state index is 3.31. The molecule has 1 unspecified atom stereocenters. The first-order valence-corrected chi connectivity index (χ1v) is 2.75. The predicted octanol–water partition coefficient (Wildman–Crippen LogP) is -0.864. The van der Waals surface area contributed by atoms with Gasteiger partial charge in [0, 0.05) is 31.6 Å². The highest BCUT2D eigenvalue weighted by Gasteiger charge is 2.34. The largest absolute Gasteiger partial charge is 0.314 e. The summed E-state index contributed by atoms with van der Waals surface area (Å²) in [7, 11) is 0. The minimum absolute atomic E-state index is 0.750. The molecule has 2 fully saturated rings. The molecule has 2 rings (SSSR count). The quantitative estimate of drug-likeness (QED) is 0.411. The number of hydrogen-bond acceptors (Lipinski definition) is 2. The van der Waals surface area contributed by atoms with Crippen molar-refractivity contribution < 1.29 is 0 Å². The van der Waals surface area contributed by atoms with Crippen LogP contribution in [0.5, 0.6) is 0 Å². The summed E-state index contributed by atoms with van der Waals surface area (Å²) in [5, 5.41) is 6.59. The minimum atomic E-state index is 0.750. The van der Waals surface area contributed by atoms with Crippen molar-refractivity contribution in [3.05, 3.63) is 5.92 Å². The van der Waals surface area contributed by atoms with Gasteiger partial charge < -0.3 is 10.6 Å². The Kier molecular flexibility index (Phi) is 0.664. The monoisotopic (exact) mass is 97.1 g/mol. The molecule has 7 heavy (non-hydrogen) atoms. The van der Waals surface area contributed by atoms with E-state index in [2.05, 4.69) is 10.6 Å². The molecule has 0 bridgehead atoms. The molecular weight excluding hydrogens is 88.1 g/mol. The molecule has 0 aromatic carbocycles. The summed E-state index contributed by atoms with van der Waals surface area (Å²) >= 11 is 0. The SMILES string of the molecule is C1NCC2NC[C]12. The van der Waals surface area contributed by atoms with Gasteiger partial charge in [-0.2, -0.15) is 0 Å². The Morgan fingerprint density at radius 1 is 1.43 bits per heavy atom. The molecule has 39 valence electrons. The topological polar surface area (TPSA) is 24.1 Å². The molecule has 2 heteroatoms. The lowest BCUT2D eigenvalue weighted by molar-refractivity contribution is 0.466. The fourth-order valence-corrected chi connectivity index (χ4v) is 1.17. The molecular formula is C5H9N2. The van der Waals surface area contributed by atoms with Crippen LogP contribution in [0.4, 0.5) is 0 Å². The van der Waals surface area contributed by atoms with E-state index in [1.54, 1.807) is 5.92 Å². The van der Waals surface area contributed by atoms with Gasteiger partial charge in [-0.25, -0.2) is 0 Å². The van der Waals surface area contributed by atoms with Gasteiger partial charge in [-0.3, -0.25) is 0 Å². The first kappa shape index (κ1) is 3.87. The lowest BCUT2D eigenvalue weighted by Crippen LogP contribution is -2.50. The van der Waals surface area contributed by atoms with E-state index in [4.69, 9.17) is 0 Å². The van der Waals surface area contributed by atoms with Crippen LogP contribution >= 0.6 is 0 Å². The van der Waals surface area contributed by atoms with E-state index in [0.29, 0.717) is 0 Å². The molecule has 2 saturated heterocycles. The average molecular weight is 97.1 g/mol. The Labute approximate surface area is 43.3 Å². The molecule has 0 aromatic rings. The van der Waals surface area contributed by atoms with Crippen molar-refractivity contribution in [3.63, 3.8) is 0 Å². The lowest BCUT2D eigenvalue weighted by atomic mass is 9.96. The van der Waals surface area contributed by atoms with Crippen molar-refractivity contribution in [2.24, 2.45) is 0 Å². The van der Waals surface area contributed by atoms with Gasteiger partial charge in [-0.1, -0.05) is 0 Å². The molecule has 0 saturated carbocycles. The van der Waals surface area contributed by atoms with Crippen molar-refractivity contribution in [3.8, 4) is 0 Å². The zero-order chi connectivity index (χ0) is 4.69. The van der Waals surface area contributed by atoms with Crippen LogP contribution in [-0.4, -0.2) is 25.7 Å². The Bertz CT molecular complexity index is 72.1. The van der Waals surface area contributed by atoms with E-state index < -0.39 is 0 Å². The first-order valence-electron chi connectivity index (χ1n) is 2.75. The number of nitrogens with one attached hydrogen (secondary N) is 2. The number of hydrogen-bond donors (Lipinski definition) is 2. The Balaban J connectivity index is 2.03. The second-order valence-electron chi connectivity index (χ2n) is 2.22. The van der Waals surface area contributed by atoms with Crippen LogP contribution in [0.3, 0.4) is 0 Å². The minimum Gasteiger partial charge on any atom is -0.314 e. The molecule has 0 spiro atoms. The van der Waals surface area contributed by atoms with Crippen molar-refractivity contribution in [1.29, 1.82) is 0 Å². The van der Waals surface area contributed by atoms with Crippen molar-refractivity contribution in [2.45, 2.75) is 6.04 Å². The summed E-state index contributed by atoms with van der Waals surface area (Å²) in [5.74, 6) is 1.67. The molecule has 2 aliphatic heterocycles. The van der Waals surface area contributed by atoms with Gasteiger partial charge in [0.15, 0.2) is 0 Å². The summed E-state index contributed by atoms with van der Waals surface area (Å²) in [6.45, 7) is 3.49. The van der Waals surface area contributed by atoms with Crippen molar-refractivity contribution >= 4 is 0 Å². The summed E-state index contributed by atoms with van der Waals surface area (Å²) < 4.78 is 0. The smallest absolute Gasteiger partial charge is 0.0280 e. The van der Waals surface area contributed by atoms with Crippen LogP contribution in [0, 0.1) is 5.92 Å². The molecule has 2 heterocycles. The van der Waals surface area contributed by atoms with E-state index in [1.807, 2.05) is 0 Å². The molecule has 1 radical (unpaired) electrons. The van der Waals surface area contributed by atoms with Gasteiger partial charge in [-0.05, 0) is 0 Å². The zero-order valence-electron chi connectivity index (χ0n) is 4.20. The maximum absolute atomic E-state index is 3.31. The Hall–Kier alpha value is -0.0800. The highest BCUT2D eigenvalue weighted by Crippen LogP contribution is 2.17. The number of fused-ring (bicyclic) bond motifs is 1. The standard InChI is InChI=1S/C5H9N2/c1-4-2-7-5(4)3-6-1/h5-7H,1-3H2. The third kappa shape index (κ3) is 0.409. The summed E-state index contributed by atoms with van der Waals surface area (Å²) in [5.41, 5.74) is 0. The maximum Gasteiger partial charge on any atom is 0.0280 e. The predicted molar refractivity (Wildman–Crippen MR) is 27.9 cm³/mol. The van der Waals surface area contributed by atoms with Gasteiger partial charge in [0.2, 0.25) is 0 Å². The van der Waals surface area contributed by atoms with E-state index in [0.717, 1.165) is 25.7 Å². The second kappa shape index (κ2) is 1.20. The van der Waals surface area contributed by atoms with Crippen LogP contribution in [0.15, 0.2) is 0 Å². The van der Waals surface area contributed by atoms with Crippen molar-refractivity contribution in [1.82, 2.24) is 10.6 Å². The third-order valence-electron chi connectivity index (χ3n) is 1.77. The van der Waals surface area contributed by atoms with Gasteiger partial charge in [0.05, 0.1) is 0 Å². The fourth-order valence-electron chi connectivity index (χ4n) is 1.17. The third-order valence-corrected chi connectivity index (χ3v) is 1.77. The fraction of sp³-hybridized carbons (Fsp3) is 0.800. The van der Waals surface area contributed by atoms with Crippen LogP contribution < -0.4 is 10.6 Å². The molecule has 2 N–H and O–H groups in total. The van der Waals surface area contributed by atoms with Gasteiger partial charge >= 0.3 is 0 Å². The van der Waals surface area contributed by atoms with Gasteiger partial charge in [0.1, 0.15) is 0 Å². The van der Waals surface area contributed by atoms with Crippen LogP contribution in [0.2, 0.25) is 0 Å². The van der Waals surface area contributed by atoms with Gasteiger partial charge in [0.25, 0.3) is 0 Å². The molecule has 1 atom stereocenters. The molecule has 2 nitrogen and oxygen atoms in total. The Morgan fingerprint density at radius 2 is 2.43 bits per heavy atom. The molecule has 0 aliphatic carbocycles. The van der Waals surface area contributed by atoms with E-state index in [9.17, 15) is 0 Å². The average Bonchev–Trinajstić information content (AvgIpc) is 1.85. The zero-order valence-corrected chi connectivity index (χ0v) is 4.20. The van der Waals surface area contributed by atoms with Crippen LogP contribution in [-0.2, 0) is 0 Å². The highest BCUT2D eigenvalue weighted by molar-refractivity contribution is 5.18.